The third-order valence-corrected chi connectivity index (χ3v) is 2.17. The van der Waals surface area contributed by atoms with E-state index in [0.29, 0.717) is 5.92 Å². The van der Waals surface area contributed by atoms with Crippen molar-refractivity contribution in [3.8, 4) is 0 Å². The van der Waals surface area contributed by atoms with Crippen LogP contribution in [-0.2, 0) is 0 Å². The molecule has 0 aliphatic rings. The van der Waals surface area contributed by atoms with E-state index in [0.717, 1.165) is 5.56 Å². The highest BCUT2D eigenvalue weighted by molar-refractivity contribution is 5.79. The second-order valence-electron chi connectivity index (χ2n) is 3.68. The number of benzene rings is 1. The Balaban J connectivity index is 2.63. The van der Waals surface area contributed by atoms with Gasteiger partial charge in [0.2, 0.25) is 0 Å². The molecule has 1 aromatic rings. The highest BCUT2D eigenvalue weighted by Crippen LogP contribution is 2.05. The van der Waals surface area contributed by atoms with Gasteiger partial charge in [-0.05, 0) is 11.5 Å². The molecule has 0 heterocycles. The quantitative estimate of drug-likeness (QED) is 0.726. The Bertz CT molecular complexity index is 280. The van der Waals surface area contributed by atoms with Crippen LogP contribution >= 0.6 is 0 Å². The van der Waals surface area contributed by atoms with Crippen LogP contribution in [0, 0.1) is 5.92 Å². The lowest BCUT2D eigenvalue weighted by Gasteiger charge is -2.12. The molecule has 0 aliphatic heterocycles. The minimum absolute atomic E-state index is 0.00945. The summed E-state index contributed by atoms with van der Waals surface area (Å²) in [5.74, 6) is 0.375. The van der Waals surface area contributed by atoms with Gasteiger partial charge in [0.25, 0.3) is 0 Å². The van der Waals surface area contributed by atoms with E-state index in [1.54, 1.807) is 0 Å². The van der Waals surface area contributed by atoms with E-state index in [1.807, 2.05) is 36.5 Å². The number of rotatable bonds is 4. The number of aliphatic hydroxyl groups is 1. The van der Waals surface area contributed by atoms with Crippen molar-refractivity contribution in [2.24, 2.45) is 10.9 Å². The first kappa shape index (κ1) is 10.9. The lowest BCUT2D eigenvalue weighted by Crippen LogP contribution is -2.17. The standard InChI is InChI=1S/C12H17NO/c1-10(2)12(9-14)13-8-11-6-4-3-5-7-11/h3-8,10,12,14H,9H2,1-2H3. The molecule has 0 saturated heterocycles. The average molecular weight is 191 g/mol. The zero-order valence-electron chi connectivity index (χ0n) is 8.72. The molecular weight excluding hydrogens is 174 g/mol. The molecule has 1 unspecified atom stereocenters. The maximum atomic E-state index is 9.06. The molecule has 0 saturated carbocycles. The normalized spacial score (nSPS) is 13.7. The molecule has 0 aliphatic carbocycles. The van der Waals surface area contributed by atoms with Gasteiger partial charge in [-0.2, -0.15) is 0 Å². The molecule has 14 heavy (non-hydrogen) atoms. The van der Waals surface area contributed by atoms with Crippen molar-refractivity contribution in [1.29, 1.82) is 0 Å². The molecule has 0 amide bonds. The van der Waals surface area contributed by atoms with Crippen LogP contribution in [0.15, 0.2) is 35.3 Å². The van der Waals surface area contributed by atoms with Crippen LogP contribution in [0.4, 0.5) is 0 Å². The maximum absolute atomic E-state index is 9.06. The summed E-state index contributed by atoms with van der Waals surface area (Å²) in [6, 6.07) is 9.94. The number of nitrogens with zero attached hydrogens (tertiary/aromatic N) is 1. The summed E-state index contributed by atoms with van der Waals surface area (Å²) >= 11 is 0. The topological polar surface area (TPSA) is 32.6 Å². The van der Waals surface area contributed by atoms with Gasteiger partial charge in [0.15, 0.2) is 0 Å². The van der Waals surface area contributed by atoms with E-state index in [1.165, 1.54) is 0 Å². The molecule has 1 N–H and O–H groups in total. The lowest BCUT2D eigenvalue weighted by molar-refractivity contribution is 0.240. The third-order valence-electron chi connectivity index (χ3n) is 2.17. The first-order chi connectivity index (χ1) is 6.74. The van der Waals surface area contributed by atoms with Gasteiger partial charge < -0.3 is 5.11 Å². The number of aliphatic imine (C=N–C) groups is 1. The number of aliphatic hydroxyl groups excluding tert-OH is 1. The zero-order chi connectivity index (χ0) is 10.4. The Hall–Kier alpha value is -1.15. The maximum Gasteiger partial charge on any atom is 0.0753 e. The fraction of sp³-hybridized carbons (Fsp3) is 0.417. The van der Waals surface area contributed by atoms with E-state index in [-0.39, 0.29) is 12.6 Å². The highest BCUT2D eigenvalue weighted by atomic mass is 16.3. The van der Waals surface area contributed by atoms with Gasteiger partial charge in [0.05, 0.1) is 12.6 Å². The molecule has 0 radical (unpaired) electrons. The van der Waals surface area contributed by atoms with E-state index in [9.17, 15) is 0 Å². The monoisotopic (exact) mass is 191 g/mol. The Morgan fingerprint density at radius 1 is 1.29 bits per heavy atom. The summed E-state index contributed by atoms with van der Waals surface area (Å²) in [4.78, 5) is 4.34. The van der Waals surface area contributed by atoms with Crippen molar-refractivity contribution in [1.82, 2.24) is 0 Å². The molecule has 0 aromatic heterocycles. The predicted molar refractivity (Wildman–Crippen MR) is 59.7 cm³/mol. The van der Waals surface area contributed by atoms with Gasteiger partial charge in [-0.3, -0.25) is 4.99 Å². The smallest absolute Gasteiger partial charge is 0.0753 e. The van der Waals surface area contributed by atoms with Gasteiger partial charge >= 0.3 is 0 Å². The molecule has 0 fully saturated rings. The van der Waals surface area contributed by atoms with Crippen LogP contribution in [0.2, 0.25) is 0 Å². The number of hydrogen-bond donors (Lipinski definition) is 1. The van der Waals surface area contributed by atoms with Crippen molar-refractivity contribution < 1.29 is 5.11 Å². The average Bonchev–Trinajstić information content (AvgIpc) is 2.20. The van der Waals surface area contributed by atoms with Gasteiger partial charge in [0.1, 0.15) is 0 Å². The van der Waals surface area contributed by atoms with Gasteiger partial charge in [-0.15, -0.1) is 0 Å². The molecule has 76 valence electrons. The highest BCUT2D eigenvalue weighted by Gasteiger charge is 2.08. The van der Waals surface area contributed by atoms with E-state index in [4.69, 9.17) is 5.11 Å². The largest absolute Gasteiger partial charge is 0.394 e. The molecule has 1 atom stereocenters. The summed E-state index contributed by atoms with van der Waals surface area (Å²) in [7, 11) is 0. The van der Waals surface area contributed by atoms with Gasteiger partial charge in [-0.25, -0.2) is 0 Å². The van der Waals surface area contributed by atoms with Crippen LogP contribution in [0.5, 0.6) is 0 Å². The molecule has 0 bridgehead atoms. The van der Waals surface area contributed by atoms with Crippen molar-refractivity contribution in [3.63, 3.8) is 0 Å². The van der Waals surface area contributed by atoms with Crippen molar-refractivity contribution in [2.75, 3.05) is 6.61 Å². The van der Waals surface area contributed by atoms with Crippen LogP contribution in [0.1, 0.15) is 19.4 Å². The Morgan fingerprint density at radius 3 is 2.43 bits per heavy atom. The van der Waals surface area contributed by atoms with Crippen LogP contribution in [-0.4, -0.2) is 24.0 Å². The van der Waals surface area contributed by atoms with Crippen LogP contribution in [0.25, 0.3) is 0 Å². The second-order valence-corrected chi connectivity index (χ2v) is 3.68. The van der Waals surface area contributed by atoms with Gasteiger partial charge in [-0.1, -0.05) is 44.2 Å². The second kappa shape index (κ2) is 5.55. The Morgan fingerprint density at radius 2 is 1.93 bits per heavy atom. The first-order valence-corrected chi connectivity index (χ1v) is 4.93. The van der Waals surface area contributed by atoms with Crippen LogP contribution < -0.4 is 0 Å². The predicted octanol–water partition coefficient (Wildman–Crippen LogP) is 2.12. The van der Waals surface area contributed by atoms with Gasteiger partial charge in [0, 0.05) is 6.21 Å². The van der Waals surface area contributed by atoms with Crippen molar-refractivity contribution in [3.05, 3.63) is 35.9 Å². The first-order valence-electron chi connectivity index (χ1n) is 4.93. The number of hydrogen-bond acceptors (Lipinski definition) is 2. The summed E-state index contributed by atoms with van der Waals surface area (Å²) in [6.07, 6.45) is 1.82. The molecule has 0 spiro atoms. The summed E-state index contributed by atoms with van der Waals surface area (Å²) in [6.45, 7) is 4.23. The molecule has 1 rings (SSSR count). The minimum atomic E-state index is 0.00945. The van der Waals surface area contributed by atoms with Crippen molar-refractivity contribution >= 4 is 6.21 Å². The fourth-order valence-electron chi connectivity index (χ4n) is 1.15. The van der Waals surface area contributed by atoms with Crippen LogP contribution in [0.3, 0.4) is 0 Å². The minimum Gasteiger partial charge on any atom is -0.394 e. The third kappa shape index (κ3) is 3.30. The SMILES string of the molecule is CC(C)C(CO)N=Cc1ccccc1. The summed E-state index contributed by atoms with van der Waals surface area (Å²) in [5, 5.41) is 9.06. The van der Waals surface area contributed by atoms with E-state index in [2.05, 4.69) is 18.8 Å². The van der Waals surface area contributed by atoms with Crippen molar-refractivity contribution in [2.45, 2.75) is 19.9 Å². The molecule has 1 aromatic carbocycles. The van der Waals surface area contributed by atoms with E-state index >= 15 is 0 Å². The molecule has 2 heteroatoms. The zero-order valence-corrected chi connectivity index (χ0v) is 8.72. The summed E-state index contributed by atoms with van der Waals surface area (Å²) < 4.78 is 0. The molecular formula is C12H17NO. The molecule has 2 nitrogen and oxygen atoms in total. The fourth-order valence-corrected chi connectivity index (χ4v) is 1.15. The van der Waals surface area contributed by atoms with E-state index < -0.39 is 0 Å². The summed E-state index contributed by atoms with van der Waals surface area (Å²) in [5.41, 5.74) is 1.08. The Kier molecular flexibility index (Phi) is 4.33. The lowest BCUT2D eigenvalue weighted by atomic mass is 10.1. The Labute approximate surface area is 85.3 Å².